The lowest BCUT2D eigenvalue weighted by atomic mass is 10.1. The summed E-state index contributed by atoms with van der Waals surface area (Å²) in [6.45, 7) is 9.99. The SMILES string of the molecule is CCN(C(=O)CN(C(C)=O)c1cc(C)cc(C)c1)c1cccc(C)c1. The highest BCUT2D eigenvalue weighted by Gasteiger charge is 2.21. The topological polar surface area (TPSA) is 40.6 Å². The molecule has 0 radical (unpaired) electrons. The molecule has 2 rings (SSSR count). The summed E-state index contributed by atoms with van der Waals surface area (Å²) < 4.78 is 0. The number of hydrogen-bond donors (Lipinski definition) is 0. The van der Waals surface area contributed by atoms with Crippen LogP contribution in [0.25, 0.3) is 0 Å². The Morgan fingerprint density at radius 3 is 1.96 bits per heavy atom. The Kier molecular flexibility index (Phi) is 5.97. The van der Waals surface area contributed by atoms with Crippen molar-refractivity contribution < 1.29 is 9.59 Å². The van der Waals surface area contributed by atoms with E-state index in [1.165, 1.54) is 6.92 Å². The van der Waals surface area contributed by atoms with Gasteiger partial charge >= 0.3 is 0 Å². The molecule has 0 bridgehead atoms. The zero-order chi connectivity index (χ0) is 18.6. The largest absolute Gasteiger partial charge is 0.311 e. The highest BCUT2D eigenvalue weighted by atomic mass is 16.2. The van der Waals surface area contributed by atoms with Crippen molar-refractivity contribution in [1.82, 2.24) is 0 Å². The second-order valence-electron chi connectivity index (χ2n) is 6.43. The average molecular weight is 338 g/mol. The van der Waals surface area contributed by atoms with Crippen molar-refractivity contribution in [2.24, 2.45) is 0 Å². The van der Waals surface area contributed by atoms with Gasteiger partial charge in [-0.1, -0.05) is 18.2 Å². The van der Waals surface area contributed by atoms with Gasteiger partial charge in [-0.15, -0.1) is 0 Å². The molecule has 4 heteroatoms. The predicted octanol–water partition coefficient (Wildman–Crippen LogP) is 4.02. The number of nitrogens with zero attached hydrogens (tertiary/aromatic N) is 2. The minimum absolute atomic E-state index is 0.0278. The fourth-order valence-electron chi connectivity index (χ4n) is 3.01. The van der Waals surface area contributed by atoms with Crippen LogP contribution in [0.15, 0.2) is 42.5 Å². The lowest BCUT2D eigenvalue weighted by molar-refractivity contribution is -0.121. The number of benzene rings is 2. The van der Waals surface area contributed by atoms with Crippen molar-refractivity contribution in [2.75, 3.05) is 22.9 Å². The van der Waals surface area contributed by atoms with Gasteiger partial charge in [-0.3, -0.25) is 9.59 Å². The molecule has 0 fully saturated rings. The van der Waals surface area contributed by atoms with Crippen LogP contribution in [0.1, 0.15) is 30.5 Å². The highest BCUT2D eigenvalue weighted by molar-refractivity contribution is 6.03. The van der Waals surface area contributed by atoms with E-state index in [-0.39, 0.29) is 18.4 Å². The summed E-state index contributed by atoms with van der Waals surface area (Å²) in [5.41, 5.74) is 4.86. The first kappa shape index (κ1) is 18.7. The van der Waals surface area contributed by atoms with E-state index in [1.807, 2.05) is 64.1 Å². The molecule has 0 unspecified atom stereocenters. The van der Waals surface area contributed by atoms with E-state index >= 15 is 0 Å². The number of rotatable bonds is 5. The number of likely N-dealkylation sites (N-methyl/N-ethyl adjacent to an activating group) is 1. The fourth-order valence-corrected chi connectivity index (χ4v) is 3.01. The molecule has 2 amide bonds. The van der Waals surface area contributed by atoms with Crippen LogP contribution >= 0.6 is 0 Å². The van der Waals surface area contributed by atoms with E-state index in [9.17, 15) is 9.59 Å². The van der Waals surface area contributed by atoms with Crippen LogP contribution in [0, 0.1) is 20.8 Å². The van der Waals surface area contributed by atoms with E-state index in [4.69, 9.17) is 0 Å². The van der Waals surface area contributed by atoms with Crippen LogP contribution in [0.3, 0.4) is 0 Å². The van der Waals surface area contributed by atoms with Gasteiger partial charge in [-0.05, 0) is 68.7 Å². The Balaban J connectivity index is 2.29. The lowest BCUT2D eigenvalue weighted by Crippen LogP contribution is -2.42. The monoisotopic (exact) mass is 338 g/mol. The molecule has 0 aromatic heterocycles. The first-order valence-electron chi connectivity index (χ1n) is 8.55. The van der Waals surface area contributed by atoms with E-state index < -0.39 is 0 Å². The summed E-state index contributed by atoms with van der Waals surface area (Å²) in [5.74, 6) is -0.235. The van der Waals surface area contributed by atoms with Crippen molar-refractivity contribution >= 4 is 23.2 Å². The van der Waals surface area contributed by atoms with Crippen molar-refractivity contribution in [1.29, 1.82) is 0 Å². The Bertz CT molecular complexity index is 763. The number of anilines is 2. The summed E-state index contributed by atoms with van der Waals surface area (Å²) in [5, 5.41) is 0. The molecule has 0 atom stereocenters. The minimum atomic E-state index is -0.140. The van der Waals surface area contributed by atoms with Crippen molar-refractivity contribution in [3.63, 3.8) is 0 Å². The van der Waals surface area contributed by atoms with Crippen molar-refractivity contribution in [2.45, 2.75) is 34.6 Å². The second-order valence-corrected chi connectivity index (χ2v) is 6.43. The molecule has 0 N–H and O–H groups in total. The van der Waals surface area contributed by atoms with Crippen LogP contribution in [-0.2, 0) is 9.59 Å². The van der Waals surface area contributed by atoms with E-state index in [0.29, 0.717) is 6.54 Å². The summed E-state index contributed by atoms with van der Waals surface area (Å²) in [7, 11) is 0. The second kappa shape index (κ2) is 7.97. The van der Waals surface area contributed by atoms with E-state index in [0.717, 1.165) is 28.1 Å². The first-order chi connectivity index (χ1) is 11.8. The van der Waals surface area contributed by atoms with Crippen LogP contribution in [0.5, 0.6) is 0 Å². The Labute approximate surface area is 150 Å². The molecule has 0 saturated heterocycles. The first-order valence-corrected chi connectivity index (χ1v) is 8.55. The van der Waals surface area contributed by atoms with Gasteiger partial charge in [0, 0.05) is 24.8 Å². The van der Waals surface area contributed by atoms with Crippen LogP contribution in [0.2, 0.25) is 0 Å². The molecule has 132 valence electrons. The van der Waals surface area contributed by atoms with E-state index in [2.05, 4.69) is 6.07 Å². The molecule has 0 heterocycles. The number of aryl methyl sites for hydroxylation is 3. The van der Waals surface area contributed by atoms with Gasteiger partial charge in [0.15, 0.2) is 0 Å². The maximum absolute atomic E-state index is 12.9. The number of hydrogen-bond acceptors (Lipinski definition) is 2. The van der Waals surface area contributed by atoms with Crippen LogP contribution in [0.4, 0.5) is 11.4 Å². The molecule has 0 saturated carbocycles. The number of carbonyl (C=O) groups excluding carboxylic acids is 2. The van der Waals surface area contributed by atoms with Gasteiger partial charge in [0.05, 0.1) is 0 Å². The standard InChI is InChI=1S/C21H26N2O2/c1-6-22(19-9-7-8-15(2)11-19)21(25)14-23(18(5)24)20-12-16(3)10-17(4)13-20/h7-13H,6,14H2,1-5H3. The fraction of sp³-hybridized carbons (Fsp3) is 0.333. The Morgan fingerprint density at radius 2 is 1.44 bits per heavy atom. The number of amides is 2. The molecule has 2 aromatic carbocycles. The maximum atomic E-state index is 12.9. The molecule has 25 heavy (non-hydrogen) atoms. The van der Waals surface area contributed by atoms with Gasteiger partial charge in [0.25, 0.3) is 0 Å². The minimum Gasteiger partial charge on any atom is -0.311 e. The third-order valence-electron chi connectivity index (χ3n) is 4.12. The molecule has 4 nitrogen and oxygen atoms in total. The van der Waals surface area contributed by atoms with Gasteiger partial charge in [-0.2, -0.15) is 0 Å². The third kappa shape index (κ3) is 4.69. The lowest BCUT2D eigenvalue weighted by Gasteiger charge is -2.27. The zero-order valence-corrected chi connectivity index (χ0v) is 15.7. The van der Waals surface area contributed by atoms with Gasteiger partial charge in [0.2, 0.25) is 11.8 Å². The predicted molar refractivity (Wildman–Crippen MR) is 103 cm³/mol. The summed E-state index contributed by atoms with van der Waals surface area (Å²) >= 11 is 0. The molecular formula is C21H26N2O2. The molecule has 0 aliphatic rings. The quantitative estimate of drug-likeness (QED) is 0.826. The van der Waals surface area contributed by atoms with Crippen LogP contribution in [-0.4, -0.2) is 24.9 Å². The molecular weight excluding hydrogens is 312 g/mol. The smallest absolute Gasteiger partial charge is 0.247 e. The maximum Gasteiger partial charge on any atom is 0.247 e. The highest BCUT2D eigenvalue weighted by Crippen LogP contribution is 2.21. The van der Waals surface area contributed by atoms with Gasteiger partial charge < -0.3 is 9.80 Å². The Hall–Kier alpha value is -2.62. The average Bonchev–Trinajstić information content (AvgIpc) is 2.52. The van der Waals surface area contributed by atoms with Gasteiger partial charge in [-0.25, -0.2) is 0 Å². The van der Waals surface area contributed by atoms with Gasteiger partial charge in [0.1, 0.15) is 6.54 Å². The molecule has 2 aromatic rings. The Morgan fingerprint density at radius 1 is 0.840 bits per heavy atom. The molecule has 0 aliphatic carbocycles. The summed E-state index contributed by atoms with van der Waals surface area (Å²) in [6.07, 6.45) is 0. The van der Waals surface area contributed by atoms with Crippen molar-refractivity contribution in [3.05, 3.63) is 59.2 Å². The van der Waals surface area contributed by atoms with Crippen molar-refractivity contribution in [3.8, 4) is 0 Å². The third-order valence-corrected chi connectivity index (χ3v) is 4.12. The summed E-state index contributed by atoms with van der Waals surface area (Å²) in [4.78, 5) is 28.3. The van der Waals surface area contributed by atoms with Crippen LogP contribution < -0.4 is 9.80 Å². The normalized spacial score (nSPS) is 10.4. The summed E-state index contributed by atoms with van der Waals surface area (Å²) in [6, 6.07) is 13.8. The van der Waals surface area contributed by atoms with E-state index in [1.54, 1.807) is 9.80 Å². The molecule has 0 aliphatic heterocycles. The number of carbonyl (C=O) groups is 2. The molecule has 0 spiro atoms. The zero-order valence-electron chi connectivity index (χ0n) is 15.7.